The lowest BCUT2D eigenvalue weighted by Gasteiger charge is -2.17. The highest BCUT2D eigenvalue weighted by Crippen LogP contribution is 2.26. The third-order valence-electron chi connectivity index (χ3n) is 3.27. The zero-order chi connectivity index (χ0) is 14.5. The van der Waals surface area contributed by atoms with Gasteiger partial charge in [-0.15, -0.1) is 22.7 Å². The van der Waals surface area contributed by atoms with Crippen LogP contribution in [0.5, 0.6) is 0 Å². The van der Waals surface area contributed by atoms with E-state index in [-0.39, 0.29) is 0 Å². The molecule has 0 bridgehead atoms. The number of likely N-dealkylation sites (N-methyl/N-ethyl adjacent to an activating group) is 1. The largest absolute Gasteiger partial charge is 0.310 e. The van der Waals surface area contributed by atoms with Crippen molar-refractivity contribution in [2.24, 2.45) is 0 Å². The van der Waals surface area contributed by atoms with Crippen molar-refractivity contribution in [2.45, 2.75) is 19.4 Å². The zero-order valence-electron chi connectivity index (χ0n) is 11.8. The Morgan fingerprint density at radius 2 is 2.05 bits per heavy atom. The summed E-state index contributed by atoms with van der Waals surface area (Å²) in [5.74, 6) is 0. The van der Waals surface area contributed by atoms with E-state index >= 15 is 0 Å². The molecule has 5 heteroatoms. The second-order valence-electron chi connectivity index (χ2n) is 4.74. The summed E-state index contributed by atoms with van der Waals surface area (Å²) < 4.78 is 0. The van der Waals surface area contributed by atoms with Gasteiger partial charge in [-0.2, -0.15) is 0 Å². The lowest BCUT2D eigenvalue weighted by atomic mass is 10.0. The molecule has 3 rings (SSSR count). The minimum atomic E-state index is 0.307. The van der Waals surface area contributed by atoms with Crippen LogP contribution in [-0.4, -0.2) is 16.5 Å². The molecule has 1 aromatic carbocycles. The fraction of sp³-hybridized carbons (Fsp3) is 0.250. The number of nitrogens with zero attached hydrogens (tertiary/aromatic N) is 2. The van der Waals surface area contributed by atoms with Crippen LogP contribution in [0.15, 0.2) is 46.6 Å². The van der Waals surface area contributed by atoms with Gasteiger partial charge in [-0.3, -0.25) is 0 Å². The molecule has 2 aromatic heterocycles. The summed E-state index contributed by atoms with van der Waals surface area (Å²) in [7, 11) is 0. The smallest absolute Gasteiger partial charge is 0.142 e. The molecule has 1 atom stereocenters. The van der Waals surface area contributed by atoms with Gasteiger partial charge in [0.05, 0.1) is 11.2 Å². The van der Waals surface area contributed by atoms with Crippen LogP contribution in [0.2, 0.25) is 0 Å². The van der Waals surface area contributed by atoms with Crippen LogP contribution in [0.4, 0.5) is 0 Å². The van der Waals surface area contributed by atoms with Crippen LogP contribution < -0.4 is 5.32 Å². The number of nitrogens with one attached hydrogen (secondary N) is 1. The average molecular weight is 315 g/mol. The first-order valence-electron chi connectivity index (χ1n) is 6.98. The Bertz CT molecular complexity index is 662. The first-order chi connectivity index (χ1) is 10.4. The minimum Gasteiger partial charge on any atom is -0.310 e. The van der Waals surface area contributed by atoms with Gasteiger partial charge in [0.15, 0.2) is 0 Å². The van der Waals surface area contributed by atoms with Crippen molar-refractivity contribution in [1.82, 2.24) is 15.3 Å². The van der Waals surface area contributed by atoms with Gasteiger partial charge in [0.1, 0.15) is 10.7 Å². The van der Waals surface area contributed by atoms with Gasteiger partial charge in [-0.1, -0.05) is 37.3 Å². The summed E-state index contributed by atoms with van der Waals surface area (Å²) in [5, 5.41) is 8.74. The van der Waals surface area contributed by atoms with Crippen LogP contribution in [0, 0.1) is 0 Å². The van der Waals surface area contributed by atoms with E-state index in [1.54, 1.807) is 22.7 Å². The Morgan fingerprint density at radius 1 is 1.19 bits per heavy atom. The Morgan fingerprint density at radius 3 is 2.76 bits per heavy atom. The molecule has 0 radical (unpaired) electrons. The Balaban J connectivity index is 1.77. The predicted octanol–water partition coefficient (Wildman–Crippen LogP) is 4.16. The summed E-state index contributed by atoms with van der Waals surface area (Å²) >= 11 is 3.27. The number of benzene rings is 1. The van der Waals surface area contributed by atoms with Crippen LogP contribution >= 0.6 is 22.7 Å². The molecule has 0 aliphatic rings. The molecule has 1 unspecified atom stereocenters. The summed E-state index contributed by atoms with van der Waals surface area (Å²) in [6, 6.07) is 10.9. The summed E-state index contributed by atoms with van der Waals surface area (Å²) in [4.78, 5) is 9.05. The van der Waals surface area contributed by atoms with E-state index in [2.05, 4.69) is 52.9 Å². The highest BCUT2D eigenvalue weighted by molar-refractivity contribution is 7.13. The second-order valence-corrected chi connectivity index (χ2v) is 6.32. The monoisotopic (exact) mass is 315 g/mol. The van der Waals surface area contributed by atoms with Gasteiger partial charge >= 0.3 is 0 Å². The number of hydrogen-bond acceptors (Lipinski definition) is 5. The summed E-state index contributed by atoms with van der Waals surface area (Å²) in [6.45, 7) is 3.08. The van der Waals surface area contributed by atoms with Gasteiger partial charge in [-0.05, 0) is 12.1 Å². The van der Waals surface area contributed by atoms with Crippen LogP contribution in [0.25, 0.3) is 10.7 Å². The SMILES string of the molecule is CCNC(Cc1csc(-c2cscn2)n1)c1ccccc1. The minimum absolute atomic E-state index is 0.307. The maximum absolute atomic E-state index is 4.72. The molecule has 3 nitrogen and oxygen atoms in total. The maximum Gasteiger partial charge on any atom is 0.142 e. The molecular formula is C16H17N3S2. The number of thiazole rings is 2. The van der Waals surface area contributed by atoms with E-state index in [1.165, 1.54) is 5.56 Å². The third kappa shape index (κ3) is 3.56. The summed E-state index contributed by atoms with van der Waals surface area (Å²) in [6.07, 6.45) is 0.901. The molecule has 0 spiro atoms. The fourth-order valence-corrected chi connectivity index (χ4v) is 3.70. The van der Waals surface area contributed by atoms with Gasteiger partial charge in [0, 0.05) is 23.2 Å². The van der Waals surface area contributed by atoms with Crippen molar-refractivity contribution >= 4 is 22.7 Å². The molecule has 1 N–H and O–H groups in total. The maximum atomic E-state index is 4.72. The van der Waals surface area contributed by atoms with Crippen molar-refractivity contribution in [2.75, 3.05) is 6.54 Å². The fourth-order valence-electron chi connectivity index (χ4n) is 2.29. The molecule has 3 aromatic rings. The van der Waals surface area contributed by atoms with Crippen molar-refractivity contribution in [1.29, 1.82) is 0 Å². The van der Waals surface area contributed by atoms with Crippen molar-refractivity contribution in [3.63, 3.8) is 0 Å². The Labute approximate surface area is 132 Å². The van der Waals surface area contributed by atoms with E-state index in [0.717, 1.165) is 29.4 Å². The standard InChI is InChI=1S/C16H17N3S2/c1-2-17-14(12-6-4-3-5-7-12)8-13-9-21-16(19-13)15-10-20-11-18-15/h3-7,9-11,14,17H,2,8H2,1H3. The number of hydrogen-bond donors (Lipinski definition) is 1. The lowest BCUT2D eigenvalue weighted by molar-refractivity contribution is 0.545. The Hall–Kier alpha value is -1.56. The van der Waals surface area contributed by atoms with Crippen LogP contribution in [-0.2, 0) is 6.42 Å². The molecule has 0 saturated heterocycles. The molecular weight excluding hydrogens is 298 g/mol. The molecule has 0 aliphatic heterocycles. The van der Waals surface area contributed by atoms with Crippen molar-refractivity contribution in [3.8, 4) is 10.7 Å². The van der Waals surface area contributed by atoms with Gasteiger partial charge in [0.2, 0.25) is 0 Å². The van der Waals surface area contributed by atoms with Gasteiger partial charge in [0.25, 0.3) is 0 Å². The van der Waals surface area contributed by atoms with Gasteiger partial charge in [-0.25, -0.2) is 9.97 Å². The number of rotatable bonds is 6. The van der Waals surface area contributed by atoms with Crippen molar-refractivity contribution < 1.29 is 0 Å². The van der Waals surface area contributed by atoms with E-state index in [1.807, 2.05) is 10.9 Å². The molecule has 2 heterocycles. The van der Waals surface area contributed by atoms with E-state index in [0.29, 0.717) is 6.04 Å². The Kier molecular flexibility index (Phi) is 4.75. The lowest BCUT2D eigenvalue weighted by Crippen LogP contribution is -2.23. The van der Waals surface area contributed by atoms with Crippen LogP contribution in [0.3, 0.4) is 0 Å². The topological polar surface area (TPSA) is 37.8 Å². The first kappa shape index (κ1) is 14.4. The molecule has 0 fully saturated rings. The van der Waals surface area contributed by atoms with E-state index in [9.17, 15) is 0 Å². The quantitative estimate of drug-likeness (QED) is 0.742. The third-order valence-corrected chi connectivity index (χ3v) is 4.77. The van der Waals surface area contributed by atoms with Crippen molar-refractivity contribution in [3.05, 3.63) is 57.9 Å². The highest BCUT2D eigenvalue weighted by Gasteiger charge is 2.14. The molecule has 0 aliphatic carbocycles. The number of aromatic nitrogens is 2. The normalized spacial score (nSPS) is 12.4. The zero-order valence-corrected chi connectivity index (χ0v) is 13.5. The first-order valence-corrected chi connectivity index (χ1v) is 8.80. The molecule has 108 valence electrons. The molecule has 0 saturated carbocycles. The highest BCUT2D eigenvalue weighted by atomic mass is 32.1. The molecule has 21 heavy (non-hydrogen) atoms. The predicted molar refractivity (Wildman–Crippen MR) is 89.8 cm³/mol. The second kappa shape index (κ2) is 6.93. The summed E-state index contributed by atoms with van der Waals surface area (Å²) in [5.41, 5.74) is 5.26. The van der Waals surface area contributed by atoms with Crippen LogP contribution in [0.1, 0.15) is 24.2 Å². The molecule has 0 amide bonds. The van der Waals surface area contributed by atoms with E-state index in [4.69, 9.17) is 4.98 Å². The van der Waals surface area contributed by atoms with E-state index < -0.39 is 0 Å². The average Bonchev–Trinajstić information content (AvgIpc) is 3.19. The van der Waals surface area contributed by atoms with Gasteiger partial charge < -0.3 is 5.32 Å².